The van der Waals surface area contributed by atoms with Crippen LogP contribution in [0.3, 0.4) is 0 Å². The van der Waals surface area contributed by atoms with Crippen molar-refractivity contribution in [2.45, 2.75) is 12.8 Å². The topological polar surface area (TPSA) is 62.2 Å². The van der Waals surface area contributed by atoms with Gasteiger partial charge in [0.05, 0.1) is 5.69 Å². The zero-order chi connectivity index (χ0) is 10.7. The van der Waals surface area contributed by atoms with Crippen LogP contribution in [-0.2, 0) is 11.2 Å². The van der Waals surface area contributed by atoms with E-state index in [1.54, 1.807) is 0 Å². The van der Waals surface area contributed by atoms with Crippen LogP contribution in [0.2, 0.25) is 0 Å². The van der Waals surface area contributed by atoms with Crippen molar-refractivity contribution in [1.29, 1.82) is 0 Å². The van der Waals surface area contributed by atoms with Gasteiger partial charge in [-0.15, -0.1) is 0 Å². The molecule has 0 fully saturated rings. The summed E-state index contributed by atoms with van der Waals surface area (Å²) >= 11 is 0. The lowest BCUT2D eigenvalue weighted by Gasteiger charge is -2.16. The van der Waals surface area contributed by atoms with Crippen LogP contribution in [0.15, 0.2) is 18.2 Å². The molecule has 1 aromatic heterocycles. The molecule has 0 bridgehead atoms. The van der Waals surface area contributed by atoms with E-state index in [1.807, 2.05) is 12.1 Å². The Labute approximate surface area is 87.7 Å². The molecule has 0 saturated heterocycles. The first-order valence-electron chi connectivity index (χ1n) is 4.90. The van der Waals surface area contributed by atoms with Crippen LogP contribution in [-0.4, -0.2) is 22.6 Å². The van der Waals surface area contributed by atoms with Crippen LogP contribution >= 0.6 is 0 Å². The maximum atomic E-state index is 10.3. The second kappa shape index (κ2) is 4.13. The summed E-state index contributed by atoms with van der Waals surface area (Å²) in [5.41, 5.74) is 1.87. The second-order valence-electron chi connectivity index (χ2n) is 3.45. The normalized spacial score (nSPS) is 14.7. The van der Waals surface area contributed by atoms with Gasteiger partial charge < -0.3 is 10.4 Å². The maximum absolute atomic E-state index is 10.3. The van der Waals surface area contributed by atoms with E-state index in [0.29, 0.717) is 5.69 Å². The van der Waals surface area contributed by atoms with Gasteiger partial charge in [-0.2, -0.15) is 0 Å². The van der Waals surface area contributed by atoms with Gasteiger partial charge in [-0.25, -0.2) is 9.78 Å². The molecule has 0 atom stereocenters. The number of anilines is 1. The van der Waals surface area contributed by atoms with E-state index in [1.165, 1.54) is 11.6 Å². The number of hydrogen-bond acceptors (Lipinski definition) is 3. The molecule has 0 aliphatic carbocycles. The number of aryl methyl sites for hydroxylation is 1. The summed E-state index contributed by atoms with van der Waals surface area (Å²) in [6.45, 7) is 0.937. The Hall–Kier alpha value is -1.84. The fourth-order valence-corrected chi connectivity index (χ4v) is 1.59. The number of nitrogens with one attached hydrogen (secondary N) is 1. The van der Waals surface area contributed by atoms with E-state index >= 15 is 0 Å². The van der Waals surface area contributed by atoms with Gasteiger partial charge >= 0.3 is 5.97 Å². The first-order chi connectivity index (χ1) is 7.25. The third-order valence-electron chi connectivity index (χ3n) is 2.31. The smallest absolute Gasteiger partial charge is 0.328 e. The van der Waals surface area contributed by atoms with E-state index in [-0.39, 0.29) is 0 Å². The zero-order valence-electron chi connectivity index (χ0n) is 8.23. The van der Waals surface area contributed by atoms with Crippen LogP contribution < -0.4 is 5.32 Å². The van der Waals surface area contributed by atoms with E-state index in [9.17, 15) is 4.79 Å². The maximum Gasteiger partial charge on any atom is 0.328 e. The van der Waals surface area contributed by atoms with Crippen LogP contribution in [0.4, 0.5) is 5.82 Å². The summed E-state index contributed by atoms with van der Waals surface area (Å²) in [6, 6.07) is 3.83. The number of aromatic nitrogens is 1. The summed E-state index contributed by atoms with van der Waals surface area (Å²) < 4.78 is 0. The summed E-state index contributed by atoms with van der Waals surface area (Å²) in [5.74, 6) is -0.0729. The molecular weight excluding hydrogens is 192 g/mol. The molecular formula is C11H12N2O2. The molecule has 1 aliphatic heterocycles. The number of nitrogens with zero attached hydrogens (tertiary/aromatic N) is 1. The highest BCUT2D eigenvalue weighted by molar-refractivity contribution is 5.85. The minimum atomic E-state index is -0.956. The molecule has 4 heteroatoms. The molecule has 1 aliphatic rings. The minimum absolute atomic E-state index is 0.672. The van der Waals surface area contributed by atoms with Gasteiger partial charge in [0.25, 0.3) is 0 Å². The first-order valence-corrected chi connectivity index (χ1v) is 4.90. The van der Waals surface area contributed by atoms with Crippen molar-refractivity contribution in [2.24, 2.45) is 0 Å². The van der Waals surface area contributed by atoms with Crippen LogP contribution in [0, 0.1) is 0 Å². The Bertz CT molecular complexity index is 413. The molecule has 0 unspecified atom stereocenters. The Morgan fingerprint density at radius 1 is 1.53 bits per heavy atom. The third-order valence-corrected chi connectivity index (χ3v) is 2.31. The number of pyridine rings is 1. The summed E-state index contributed by atoms with van der Waals surface area (Å²) in [4.78, 5) is 14.7. The Balaban J connectivity index is 2.24. The van der Waals surface area contributed by atoms with Gasteiger partial charge in [0.1, 0.15) is 5.82 Å². The number of carboxylic acid groups (broad SMARTS) is 1. The molecule has 2 rings (SSSR count). The van der Waals surface area contributed by atoms with Gasteiger partial charge in [0.15, 0.2) is 0 Å². The number of aliphatic carboxylic acids is 1. The molecule has 78 valence electrons. The molecule has 1 aromatic rings. The predicted molar refractivity (Wildman–Crippen MR) is 57.7 cm³/mol. The fraction of sp³-hybridized carbons (Fsp3) is 0.273. The summed E-state index contributed by atoms with van der Waals surface area (Å²) in [7, 11) is 0. The van der Waals surface area contributed by atoms with Gasteiger partial charge in [0, 0.05) is 12.6 Å². The van der Waals surface area contributed by atoms with E-state index in [2.05, 4.69) is 10.3 Å². The van der Waals surface area contributed by atoms with Crippen molar-refractivity contribution in [3.05, 3.63) is 29.5 Å². The highest BCUT2D eigenvalue weighted by atomic mass is 16.4. The van der Waals surface area contributed by atoms with Crippen molar-refractivity contribution in [3.63, 3.8) is 0 Å². The first kappa shape index (κ1) is 9.71. The largest absolute Gasteiger partial charge is 0.478 e. The van der Waals surface area contributed by atoms with Gasteiger partial charge in [-0.3, -0.25) is 0 Å². The molecule has 2 heterocycles. The summed E-state index contributed by atoms with van der Waals surface area (Å²) in [6.07, 6.45) is 4.76. The van der Waals surface area contributed by atoms with Crippen LogP contribution in [0.1, 0.15) is 17.7 Å². The number of fused-ring (bicyclic) bond motifs is 1. The standard InChI is InChI=1S/C11H12N2O2/c14-10(15)6-5-9-4-3-8-2-1-7-12-11(8)13-9/h3-6H,1-2,7H2,(H,12,13)(H,14,15)/b6-5+. The number of carbonyl (C=O) groups is 1. The highest BCUT2D eigenvalue weighted by Crippen LogP contribution is 2.19. The van der Waals surface area contributed by atoms with E-state index < -0.39 is 5.97 Å². The quantitative estimate of drug-likeness (QED) is 0.717. The Morgan fingerprint density at radius 3 is 3.20 bits per heavy atom. The Kier molecular flexibility index (Phi) is 2.67. The molecule has 2 N–H and O–H groups in total. The van der Waals surface area contributed by atoms with Crippen molar-refractivity contribution < 1.29 is 9.90 Å². The summed E-state index contributed by atoms with van der Waals surface area (Å²) in [5, 5.41) is 11.7. The lowest BCUT2D eigenvalue weighted by Crippen LogP contribution is -2.13. The monoisotopic (exact) mass is 204 g/mol. The SMILES string of the molecule is O=C(O)/C=C/c1ccc2c(n1)NCCC2. The lowest BCUT2D eigenvalue weighted by atomic mass is 10.1. The van der Waals surface area contributed by atoms with E-state index in [0.717, 1.165) is 31.3 Å². The fourth-order valence-electron chi connectivity index (χ4n) is 1.59. The van der Waals surface area contributed by atoms with Crippen molar-refractivity contribution in [1.82, 2.24) is 4.98 Å². The van der Waals surface area contributed by atoms with Crippen LogP contribution in [0.5, 0.6) is 0 Å². The zero-order valence-corrected chi connectivity index (χ0v) is 8.23. The molecule has 0 aromatic carbocycles. The highest BCUT2D eigenvalue weighted by Gasteiger charge is 2.09. The lowest BCUT2D eigenvalue weighted by molar-refractivity contribution is -0.131. The van der Waals surface area contributed by atoms with Crippen molar-refractivity contribution in [3.8, 4) is 0 Å². The molecule has 0 saturated carbocycles. The van der Waals surface area contributed by atoms with Crippen molar-refractivity contribution in [2.75, 3.05) is 11.9 Å². The molecule has 0 radical (unpaired) electrons. The number of carboxylic acids is 1. The molecule has 4 nitrogen and oxygen atoms in total. The minimum Gasteiger partial charge on any atom is -0.478 e. The third kappa shape index (κ3) is 2.34. The second-order valence-corrected chi connectivity index (χ2v) is 3.45. The van der Waals surface area contributed by atoms with Crippen LogP contribution in [0.25, 0.3) is 6.08 Å². The average Bonchev–Trinajstić information content (AvgIpc) is 2.26. The average molecular weight is 204 g/mol. The molecule has 15 heavy (non-hydrogen) atoms. The van der Waals surface area contributed by atoms with E-state index in [4.69, 9.17) is 5.11 Å². The predicted octanol–water partition coefficient (Wildman–Crippen LogP) is 1.54. The van der Waals surface area contributed by atoms with Gasteiger partial charge in [-0.1, -0.05) is 6.07 Å². The van der Waals surface area contributed by atoms with Gasteiger partial charge in [0.2, 0.25) is 0 Å². The van der Waals surface area contributed by atoms with Crippen molar-refractivity contribution >= 4 is 17.9 Å². The molecule has 0 spiro atoms. The Morgan fingerprint density at radius 2 is 2.40 bits per heavy atom. The number of rotatable bonds is 2. The molecule has 0 amide bonds. The van der Waals surface area contributed by atoms with Gasteiger partial charge in [-0.05, 0) is 30.5 Å². The number of hydrogen-bond donors (Lipinski definition) is 2.